The van der Waals surface area contributed by atoms with Gasteiger partial charge in [0.05, 0.1) is 25.3 Å². The molecular weight excluding hydrogens is 234 g/mol. The number of rotatable bonds is 4. The second-order valence-electron chi connectivity index (χ2n) is 4.39. The van der Waals surface area contributed by atoms with Crippen LogP contribution in [0.3, 0.4) is 0 Å². The van der Waals surface area contributed by atoms with Gasteiger partial charge in [-0.2, -0.15) is 0 Å². The van der Waals surface area contributed by atoms with Gasteiger partial charge in [0.2, 0.25) is 0 Å². The quantitative estimate of drug-likeness (QED) is 0.838. The van der Waals surface area contributed by atoms with Crippen molar-refractivity contribution in [2.24, 2.45) is 0 Å². The molecule has 98 valence electrons. The second kappa shape index (κ2) is 5.88. The zero-order valence-electron chi connectivity index (χ0n) is 10.4. The Hall–Kier alpha value is -1.53. The molecule has 1 atom stereocenters. The Bertz CT molecular complexity index is 425. The molecule has 1 aromatic heterocycles. The number of aromatic nitrogens is 2. The Morgan fingerprint density at radius 1 is 1.67 bits per heavy atom. The summed E-state index contributed by atoms with van der Waals surface area (Å²) in [7, 11) is 0. The molecule has 0 bridgehead atoms. The molecule has 0 saturated carbocycles. The molecule has 1 N–H and O–H groups in total. The molecule has 6 heteroatoms. The highest BCUT2D eigenvalue weighted by atomic mass is 16.5. The number of hydrogen-bond acceptors (Lipinski definition) is 5. The van der Waals surface area contributed by atoms with E-state index in [2.05, 4.69) is 14.9 Å². The highest BCUT2D eigenvalue weighted by molar-refractivity contribution is 5.67. The lowest BCUT2D eigenvalue weighted by molar-refractivity contribution is -0.140. The van der Waals surface area contributed by atoms with Crippen LogP contribution >= 0.6 is 0 Å². The minimum atomic E-state index is -0.797. The lowest BCUT2D eigenvalue weighted by atomic mass is 10.1. The Labute approximate surface area is 106 Å². The number of ether oxygens (including phenoxy) is 1. The lowest BCUT2D eigenvalue weighted by Crippen LogP contribution is -2.46. The maximum Gasteiger partial charge on any atom is 0.305 e. The number of aryl methyl sites for hydroxylation is 1. The zero-order chi connectivity index (χ0) is 13.0. The highest BCUT2D eigenvalue weighted by Crippen LogP contribution is 2.13. The molecule has 6 nitrogen and oxygen atoms in total. The van der Waals surface area contributed by atoms with Crippen LogP contribution < -0.4 is 0 Å². The Morgan fingerprint density at radius 3 is 3.22 bits per heavy atom. The van der Waals surface area contributed by atoms with Crippen molar-refractivity contribution in [3.05, 3.63) is 23.8 Å². The van der Waals surface area contributed by atoms with E-state index in [-0.39, 0.29) is 12.5 Å². The normalized spacial score (nSPS) is 20.8. The minimum Gasteiger partial charge on any atom is -0.481 e. The molecule has 0 radical (unpaired) electrons. The molecule has 2 heterocycles. The smallest absolute Gasteiger partial charge is 0.305 e. The first-order valence-electron chi connectivity index (χ1n) is 5.97. The first-order valence-corrected chi connectivity index (χ1v) is 5.97. The van der Waals surface area contributed by atoms with E-state index >= 15 is 0 Å². The Morgan fingerprint density at radius 2 is 2.50 bits per heavy atom. The van der Waals surface area contributed by atoms with Gasteiger partial charge in [0.25, 0.3) is 0 Å². The average Bonchev–Trinajstić information content (AvgIpc) is 2.31. The number of nitrogens with zero attached hydrogens (tertiary/aromatic N) is 3. The average molecular weight is 251 g/mol. The van der Waals surface area contributed by atoms with E-state index in [4.69, 9.17) is 9.84 Å². The summed E-state index contributed by atoms with van der Waals surface area (Å²) >= 11 is 0. The van der Waals surface area contributed by atoms with Gasteiger partial charge in [-0.3, -0.25) is 9.69 Å². The van der Waals surface area contributed by atoms with Gasteiger partial charge in [-0.25, -0.2) is 9.97 Å². The molecule has 1 unspecified atom stereocenters. The summed E-state index contributed by atoms with van der Waals surface area (Å²) in [5, 5.41) is 8.89. The van der Waals surface area contributed by atoms with Crippen LogP contribution in [0.1, 0.15) is 17.9 Å². The van der Waals surface area contributed by atoms with Crippen LogP contribution in [0.5, 0.6) is 0 Å². The minimum absolute atomic E-state index is 0.0773. The summed E-state index contributed by atoms with van der Waals surface area (Å²) in [5.41, 5.74) is 0.916. The van der Waals surface area contributed by atoms with E-state index in [1.54, 1.807) is 6.20 Å². The monoisotopic (exact) mass is 251 g/mol. The first kappa shape index (κ1) is 12.9. The SMILES string of the molecule is Cc1nccc(CN2CCOCC2CC(=O)O)n1. The summed E-state index contributed by atoms with van der Waals surface area (Å²) in [5.74, 6) is -0.0649. The second-order valence-corrected chi connectivity index (χ2v) is 4.39. The van der Waals surface area contributed by atoms with E-state index in [0.29, 0.717) is 19.8 Å². The van der Waals surface area contributed by atoms with Crippen LogP contribution in [0.4, 0.5) is 0 Å². The topological polar surface area (TPSA) is 75.6 Å². The largest absolute Gasteiger partial charge is 0.481 e. The van der Waals surface area contributed by atoms with Gasteiger partial charge in [0.15, 0.2) is 0 Å². The van der Waals surface area contributed by atoms with Crippen LogP contribution in [0.15, 0.2) is 12.3 Å². The maximum absolute atomic E-state index is 10.8. The molecule has 1 aliphatic heterocycles. The van der Waals surface area contributed by atoms with Gasteiger partial charge in [-0.1, -0.05) is 0 Å². The van der Waals surface area contributed by atoms with Crippen molar-refractivity contribution in [3.63, 3.8) is 0 Å². The van der Waals surface area contributed by atoms with Gasteiger partial charge in [0, 0.05) is 25.3 Å². The third-order valence-electron chi connectivity index (χ3n) is 2.96. The molecule has 0 aliphatic carbocycles. The molecule has 1 fully saturated rings. The van der Waals surface area contributed by atoms with Crippen LogP contribution in [-0.2, 0) is 16.1 Å². The van der Waals surface area contributed by atoms with Crippen molar-refractivity contribution >= 4 is 5.97 Å². The van der Waals surface area contributed by atoms with Gasteiger partial charge >= 0.3 is 5.97 Å². The fourth-order valence-electron chi connectivity index (χ4n) is 2.09. The molecular formula is C12H17N3O3. The zero-order valence-corrected chi connectivity index (χ0v) is 10.4. The predicted molar refractivity (Wildman–Crippen MR) is 64.0 cm³/mol. The molecule has 1 aromatic rings. The van der Waals surface area contributed by atoms with Gasteiger partial charge in [0.1, 0.15) is 5.82 Å². The van der Waals surface area contributed by atoms with Crippen molar-refractivity contribution in [1.29, 1.82) is 0 Å². The first-order chi connectivity index (χ1) is 8.65. The number of morpholine rings is 1. The van der Waals surface area contributed by atoms with Gasteiger partial charge in [-0.05, 0) is 13.0 Å². The van der Waals surface area contributed by atoms with E-state index in [1.165, 1.54) is 0 Å². The fraction of sp³-hybridized carbons (Fsp3) is 0.583. The van der Waals surface area contributed by atoms with E-state index < -0.39 is 5.97 Å². The molecule has 0 amide bonds. The molecule has 0 aromatic carbocycles. The summed E-state index contributed by atoms with van der Waals surface area (Å²) < 4.78 is 5.34. The number of carboxylic acid groups (broad SMARTS) is 1. The van der Waals surface area contributed by atoms with Crippen molar-refractivity contribution in [2.45, 2.75) is 25.9 Å². The maximum atomic E-state index is 10.8. The lowest BCUT2D eigenvalue weighted by Gasteiger charge is -2.34. The third kappa shape index (κ3) is 3.48. The van der Waals surface area contributed by atoms with E-state index in [1.807, 2.05) is 13.0 Å². The van der Waals surface area contributed by atoms with Crippen LogP contribution in [0, 0.1) is 6.92 Å². The molecule has 18 heavy (non-hydrogen) atoms. The molecule has 2 rings (SSSR count). The van der Waals surface area contributed by atoms with Gasteiger partial charge < -0.3 is 9.84 Å². The van der Waals surface area contributed by atoms with Crippen LogP contribution in [0.25, 0.3) is 0 Å². The molecule has 1 aliphatic rings. The Balaban J connectivity index is 2.03. The third-order valence-corrected chi connectivity index (χ3v) is 2.96. The summed E-state index contributed by atoms with van der Waals surface area (Å²) in [6.07, 6.45) is 1.83. The van der Waals surface area contributed by atoms with Crippen molar-refractivity contribution < 1.29 is 14.6 Å². The predicted octanol–water partition coefficient (Wildman–Crippen LogP) is 0.461. The highest BCUT2D eigenvalue weighted by Gasteiger charge is 2.25. The van der Waals surface area contributed by atoms with Crippen molar-refractivity contribution in [3.8, 4) is 0 Å². The van der Waals surface area contributed by atoms with Crippen LogP contribution in [-0.4, -0.2) is 51.7 Å². The molecule has 1 saturated heterocycles. The number of carboxylic acids is 1. The molecule has 0 spiro atoms. The van der Waals surface area contributed by atoms with Crippen molar-refractivity contribution in [1.82, 2.24) is 14.9 Å². The van der Waals surface area contributed by atoms with E-state index in [0.717, 1.165) is 18.1 Å². The fourth-order valence-corrected chi connectivity index (χ4v) is 2.09. The summed E-state index contributed by atoms with van der Waals surface area (Å²) in [6.45, 7) is 4.33. The number of hydrogen-bond donors (Lipinski definition) is 1. The summed E-state index contributed by atoms with van der Waals surface area (Å²) in [4.78, 5) is 21.3. The van der Waals surface area contributed by atoms with Crippen molar-refractivity contribution in [2.75, 3.05) is 19.8 Å². The summed E-state index contributed by atoms with van der Waals surface area (Å²) in [6, 6.07) is 1.78. The number of aliphatic carboxylic acids is 1. The standard InChI is InChI=1S/C12H17N3O3/c1-9-13-3-2-10(14-9)7-15-4-5-18-8-11(15)6-12(16)17/h2-3,11H,4-8H2,1H3,(H,16,17). The number of carbonyl (C=O) groups is 1. The Kier molecular flexibility index (Phi) is 4.22. The van der Waals surface area contributed by atoms with Crippen LogP contribution in [0.2, 0.25) is 0 Å². The van der Waals surface area contributed by atoms with E-state index in [9.17, 15) is 4.79 Å². The van der Waals surface area contributed by atoms with Gasteiger partial charge in [-0.15, -0.1) is 0 Å².